The van der Waals surface area contributed by atoms with Gasteiger partial charge in [0.05, 0.1) is 22.1 Å². The minimum Gasteiger partial charge on any atom is -0.423 e. The molecule has 12 heteroatoms. The molecule has 0 saturated heterocycles. The fourth-order valence-corrected chi connectivity index (χ4v) is 17.0. The lowest BCUT2D eigenvalue weighted by atomic mass is 9.75. The van der Waals surface area contributed by atoms with Gasteiger partial charge >= 0.3 is 7.12 Å². The van der Waals surface area contributed by atoms with Crippen LogP contribution < -0.4 is 5.46 Å². The molecule has 126 heavy (non-hydrogen) atoms. The van der Waals surface area contributed by atoms with E-state index in [1.165, 1.54) is 49.4 Å². The minimum atomic E-state index is -1.47. The topological polar surface area (TPSA) is 128 Å². The lowest BCUT2D eigenvalue weighted by molar-refractivity contribution is 0.426. The number of hydrogen-bond acceptors (Lipinski definition) is 8. The number of para-hydroxylation sites is 4. The maximum absolute atomic E-state index is 9.51. The van der Waals surface area contributed by atoms with Crippen molar-refractivity contribution in [1.29, 1.82) is 0 Å². The van der Waals surface area contributed by atoms with E-state index in [2.05, 4.69) is 389 Å². The van der Waals surface area contributed by atoms with Crippen LogP contribution in [0.1, 0.15) is 0 Å². The highest BCUT2D eigenvalue weighted by atomic mass is 35.5. The van der Waals surface area contributed by atoms with Crippen LogP contribution in [0.3, 0.4) is 0 Å². The Morgan fingerprint density at radius 3 is 0.810 bits per heavy atom. The molecular weight excluding hydrogens is 1560 g/mol. The van der Waals surface area contributed by atoms with Crippen molar-refractivity contribution in [2.24, 2.45) is 0 Å². The molecule has 0 unspecified atom stereocenters. The van der Waals surface area contributed by atoms with Gasteiger partial charge in [-0.2, -0.15) is 9.97 Å². The predicted molar refractivity (Wildman–Crippen MR) is 520 cm³/mol. The fraction of sp³-hybridized carbons (Fsp3) is 0. The summed E-state index contributed by atoms with van der Waals surface area (Å²) in [6.07, 6.45) is 0. The van der Waals surface area contributed by atoms with E-state index in [1.54, 1.807) is 12.1 Å². The summed E-state index contributed by atoms with van der Waals surface area (Å²) in [6, 6.07) is 159. The summed E-state index contributed by atoms with van der Waals surface area (Å²) in [7, 11) is -1.47. The molecule has 22 aromatic rings. The number of rotatable bonds is 16. The molecule has 18 aromatic carbocycles. The van der Waals surface area contributed by atoms with E-state index in [0.29, 0.717) is 34.6 Å². The van der Waals surface area contributed by atoms with Crippen molar-refractivity contribution in [2.45, 2.75) is 0 Å². The highest BCUT2D eigenvalue weighted by molar-refractivity contribution is 6.60. The molecule has 0 aliphatic carbocycles. The highest BCUT2D eigenvalue weighted by Gasteiger charge is 2.22. The first kappa shape index (κ1) is 78.4. The largest absolute Gasteiger partial charge is 0.489 e. The Bertz CT molecular complexity index is 7590. The number of halogens is 1. The van der Waals surface area contributed by atoms with Gasteiger partial charge in [0, 0.05) is 60.7 Å². The Hall–Kier alpha value is -16.1. The Balaban J connectivity index is 0.000000133. The predicted octanol–water partition coefficient (Wildman–Crippen LogP) is 27.6. The normalized spacial score (nSPS) is 11.1. The third kappa shape index (κ3) is 16.4. The third-order valence-electron chi connectivity index (χ3n) is 23.0. The van der Waals surface area contributed by atoms with Crippen molar-refractivity contribution in [1.82, 2.24) is 39.0 Å². The molecule has 22 rings (SSSR count). The van der Waals surface area contributed by atoms with Gasteiger partial charge in [-0.1, -0.05) is 388 Å². The molecule has 4 heterocycles. The lowest BCUT2D eigenvalue weighted by Gasteiger charge is -2.14. The molecule has 2 N–H and O–H groups in total. The zero-order valence-corrected chi connectivity index (χ0v) is 69.1. The zero-order valence-electron chi connectivity index (χ0n) is 68.3. The maximum Gasteiger partial charge on any atom is 0.489 e. The van der Waals surface area contributed by atoms with Crippen molar-refractivity contribution >= 4 is 67.8 Å². The maximum atomic E-state index is 9.51. The van der Waals surface area contributed by atoms with E-state index in [4.69, 9.17) is 31.5 Å². The quantitative estimate of drug-likeness (QED) is 0.0916. The molecule has 4 aromatic heterocycles. The van der Waals surface area contributed by atoms with Gasteiger partial charge in [0.15, 0.2) is 29.1 Å². The number of aromatic nitrogens is 8. The first-order valence-electron chi connectivity index (χ1n) is 41.9. The van der Waals surface area contributed by atoms with Crippen molar-refractivity contribution in [3.63, 3.8) is 0 Å². The molecular formula is C114H78BClN8O2. The van der Waals surface area contributed by atoms with Gasteiger partial charge in [-0.3, -0.25) is 0 Å². The Morgan fingerprint density at radius 2 is 0.429 bits per heavy atom. The fourth-order valence-electron chi connectivity index (χ4n) is 16.9. The van der Waals surface area contributed by atoms with Crippen molar-refractivity contribution in [3.05, 3.63) is 466 Å². The SMILES string of the molecule is Clc1nc(-c2ccc(-c3cccc(-c4ccccc4)c3)cc2)nc(-c2cccc(-n3c4ccccc4c4ccccc43)c2)n1.OB(O)c1ccccc1-c1cccc(-c2ccccc2)c1.c1ccc(-c2cccc(-c3ccc(-c4nc(-c5cccc(-n6c7ccccc7c7ccccc76)c5)nc(-c5ccccc5-c5cccc(-c6ccccc6)c5)n4)cc3)c2)cc1. The van der Waals surface area contributed by atoms with Crippen LogP contribution in [0.4, 0.5) is 0 Å². The molecule has 10 nitrogen and oxygen atoms in total. The first-order valence-corrected chi connectivity index (χ1v) is 42.3. The number of fused-ring (bicyclic) bond motifs is 6. The molecule has 0 saturated carbocycles. The Kier molecular flexibility index (Phi) is 22.1. The summed E-state index contributed by atoms with van der Waals surface area (Å²) < 4.78 is 4.61. The molecule has 0 radical (unpaired) electrons. The van der Waals surface area contributed by atoms with Crippen LogP contribution >= 0.6 is 11.6 Å². The van der Waals surface area contributed by atoms with Crippen LogP contribution in [0, 0.1) is 0 Å². The second-order valence-electron chi connectivity index (χ2n) is 30.8. The van der Waals surface area contributed by atoms with E-state index in [9.17, 15) is 10.0 Å². The van der Waals surface area contributed by atoms with Crippen LogP contribution in [0.15, 0.2) is 461 Å². The van der Waals surface area contributed by atoms with Crippen LogP contribution in [-0.2, 0) is 0 Å². The summed E-state index contributed by atoms with van der Waals surface area (Å²) in [4.78, 5) is 29.6. The van der Waals surface area contributed by atoms with E-state index < -0.39 is 7.12 Å². The van der Waals surface area contributed by atoms with Crippen LogP contribution in [-0.4, -0.2) is 56.2 Å². The van der Waals surface area contributed by atoms with Crippen molar-refractivity contribution < 1.29 is 10.0 Å². The van der Waals surface area contributed by atoms with E-state index in [1.807, 2.05) is 78.9 Å². The van der Waals surface area contributed by atoms with Crippen molar-refractivity contribution in [3.8, 4) is 157 Å². The molecule has 0 bridgehead atoms. The van der Waals surface area contributed by atoms with E-state index in [0.717, 1.165) is 122 Å². The first-order chi connectivity index (χ1) is 62.2. The van der Waals surface area contributed by atoms with Gasteiger partial charge in [0.25, 0.3) is 0 Å². The number of nitrogens with zero attached hydrogens (tertiary/aromatic N) is 8. The van der Waals surface area contributed by atoms with Gasteiger partial charge in [0.1, 0.15) is 0 Å². The van der Waals surface area contributed by atoms with Gasteiger partial charge in [0.2, 0.25) is 5.28 Å². The standard InChI is InChI=1S/C57H38N4.C39H25ClN4.C18H15BO2/c1-3-16-39(17-4-1)43-20-13-21-44(36-43)41-32-34-42(35-33-41)55-58-56(47-24-15-25-48(38-47)61-53-30-11-9-27-50(53)51-28-10-12-31-54(51)61)60-57(59-55)52-29-8-7-26-49(52)46-23-14-22-45(37-46)40-18-5-2-6-19-40;40-39-42-37(28-22-20-27(21-23-28)30-13-8-12-29(24-30)26-10-2-1-3-11-26)41-38(43-39)31-14-9-15-32(25-31)44-35-18-6-4-16-33(35)34-17-5-7-19-36(34)44;20-19(21)18-12-5-4-11-17(18)16-10-6-9-15(13-16)14-7-2-1-3-8-14/h1-38H;1-25H;1-13,20-21H. The van der Waals surface area contributed by atoms with Crippen LogP contribution in [0.25, 0.3) is 201 Å². The second-order valence-corrected chi connectivity index (χ2v) is 31.2. The van der Waals surface area contributed by atoms with Crippen LogP contribution in [0.2, 0.25) is 5.28 Å². The monoisotopic (exact) mass is 1640 g/mol. The van der Waals surface area contributed by atoms with E-state index in [-0.39, 0.29) is 5.28 Å². The Labute approximate surface area is 735 Å². The lowest BCUT2D eigenvalue weighted by Crippen LogP contribution is -2.31. The summed E-state index contributed by atoms with van der Waals surface area (Å²) in [6.45, 7) is 0. The number of benzene rings is 18. The molecule has 0 atom stereocenters. The molecule has 0 spiro atoms. The minimum absolute atomic E-state index is 0.159. The highest BCUT2D eigenvalue weighted by Crippen LogP contribution is 2.40. The molecule has 0 fully saturated rings. The summed E-state index contributed by atoms with van der Waals surface area (Å²) in [5.41, 5.74) is 29.5. The summed E-state index contributed by atoms with van der Waals surface area (Å²) in [5, 5.41) is 24.0. The smallest absolute Gasteiger partial charge is 0.423 e. The molecule has 0 aliphatic rings. The molecule has 596 valence electrons. The average Bonchev–Trinajstić information content (AvgIpc) is 1.48. The molecule has 0 aliphatic heterocycles. The summed E-state index contributed by atoms with van der Waals surface area (Å²) >= 11 is 6.48. The second kappa shape index (κ2) is 35.5. The average molecular weight is 1640 g/mol. The van der Waals surface area contributed by atoms with Crippen molar-refractivity contribution in [2.75, 3.05) is 0 Å². The zero-order chi connectivity index (χ0) is 84.7. The van der Waals surface area contributed by atoms with Gasteiger partial charge < -0.3 is 19.2 Å². The van der Waals surface area contributed by atoms with Gasteiger partial charge in [-0.05, 0) is 179 Å². The summed E-state index contributed by atoms with van der Waals surface area (Å²) in [5.74, 6) is 2.89. The third-order valence-corrected chi connectivity index (χ3v) is 23.2. The number of hydrogen-bond donors (Lipinski definition) is 2. The Morgan fingerprint density at radius 1 is 0.183 bits per heavy atom. The van der Waals surface area contributed by atoms with Crippen LogP contribution in [0.5, 0.6) is 0 Å². The van der Waals surface area contributed by atoms with Gasteiger partial charge in [-0.25, -0.2) is 19.9 Å². The van der Waals surface area contributed by atoms with Gasteiger partial charge in [-0.15, -0.1) is 0 Å². The van der Waals surface area contributed by atoms with E-state index >= 15 is 0 Å². The molecule has 0 amide bonds.